The van der Waals surface area contributed by atoms with Crippen LogP contribution in [0.15, 0.2) is 24.3 Å². The second-order valence-corrected chi connectivity index (χ2v) is 6.16. The third-order valence-corrected chi connectivity index (χ3v) is 4.60. The standard InChI is InChI=1S/C19H29N3O3/c1-4-21(5-2)19(24)22-13-11-15(12-14-22)18(23)20-16-7-9-17(10-8-16)25-6-3/h7-10,15H,4-6,11-14H2,1-3H3,(H,20,23). The van der Waals surface area contributed by atoms with Crippen molar-refractivity contribution in [1.29, 1.82) is 0 Å². The van der Waals surface area contributed by atoms with E-state index in [9.17, 15) is 9.59 Å². The molecule has 1 N–H and O–H groups in total. The van der Waals surface area contributed by atoms with Crippen molar-refractivity contribution in [3.8, 4) is 5.75 Å². The number of hydrogen-bond donors (Lipinski definition) is 1. The van der Waals surface area contributed by atoms with Gasteiger partial charge in [0.25, 0.3) is 0 Å². The van der Waals surface area contributed by atoms with E-state index in [2.05, 4.69) is 5.32 Å². The van der Waals surface area contributed by atoms with Gasteiger partial charge in [0, 0.05) is 37.8 Å². The molecule has 138 valence electrons. The summed E-state index contributed by atoms with van der Waals surface area (Å²) in [6, 6.07) is 7.48. The van der Waals surface area contributed by atoms with E-state index in [1.54, 1.807) is 0 Å². The van der Waals surface area contributed by atoms with Crippen molar-refractivity contribution in [2.75, 3.05) is 38.1 Å². The minimum atomic E-state index is -0.0488. The van der Waals surface area contributed by atoms with Crippen LogP contribution in [0.4, 0.5) is 10.5 Å². The first-order chi connectivity index (χ1) is 12.1. The highest BCUT2D eigenvalue weighted by Crippen LogP contribution is 2.21. The number of carbonyl (C=O) groups excluding carboxylic acids is 2. The molecule has 6 nitrogen and oxygen atoms in total. The van der Waals surface area contributed by atoms with Crippen LogP contribution in [-0.2, 0) is 4.79 Å². The van der Waals surface area contributed by atoms with Crippen molar-refractivity contribution >= 4 is 17.6 Å². The van der Waals surface area contributed by atoms with Gasteiger partial charge >= 0.3 is 6.03 Å². The van der Waals surface area contributed by atoms with Gasteiger partial charge in [-0.05, 0) is 57.9 Å². The zero-order valence-corrected chi connectivity index (χ0v) is 15.5. The topological polar surface area (TPSA) is 61.9 Å². The van der Waals surface area contributed by atoms with Gasteiger partial charge in [-0.3, -0.25) is 4.79 Å². The molecule has 0 saturated carbocycles. The summed E-state index contributed by atoms with van der Waals surface area (Å²) in [4.78, 5) is 28.5. The van der Waals surface area contributed by atoms with Crippen LogP contribution in [0, 0.1) is 5.92 Å². The van der Waals surface area contributed by atoms with Gasteiger partial charge in [0.1, 0.15) is 5.75 Å². The lowest BCUT2D eigenvalue weighted by atomic mass is 9.96. The highest BCUT2D eigenvalue weighted by Gasteiger charge is 2.28. The Kier molecular flexibility index (Phi) is 7.10. The molecule has 2 rings (SSSR count). The quantitative estimate of drug-likeness (QED) is 0.859. The first kappa shape index (κ1) is 19.1. The Bertz CT molecular complexity index is 562. The van der Waals surface area contributed by atoms with Gasteiger partial charge in [0.05, 0.1) is 6.61 Å². The lowest BCUT2D eigenvalue weighted by Crippen LogP contribution is -2.47. The molecule has 1 aliphatic heterocycles. The molecule has 1 aromatic carbocycles. The van der Waals surface area contributed by atoms with Crippen LogP contribution >= 0.6 is 0 Å². The average molecular weight is 347 g/mol. The molecule has 0 aromatic heterocycles. The normalized spacial score (nSPS) is 14.9. The average Bonchev–Trinajstić information content (AvgIpc) is 2.64. The summed E-state index contributed by atoms with van der Waals surface area (Å²) in [5.74, 6) is 0.773. The van der Waals surface area contributed by atoms with Gasteiger partial charge in [-0.1, -0.05) is 0 Å². The summed E-state index contributed by atoms with van der Waals surface area (Å²) < 4.78 is 5.40. The number of anilines is 1. The smallest absolute Gasteiger partial charge is 0.319 e. The number of amides is 3. The number of nitrogens with one attached hydrogen (secondary N) is 1. The molecule has 0 atom stereocenters. The van der Waals surface area contributed by atoms with Gasteiger partial charge < -0.3 is 19.9 Å². The second-order valence-electron chi connectivity index (χ2n) is 6.16. The summed E-state index contributed by atoms with van der Waals surface area (Å²) in [5.41, 5.74) is 0.773. The number of urea groups is 1. The minimum absolute atomic E-state index is 0.0269. The molecule has 1 heterocycles. The SMILES string of the molecule is CCOc1ccc(NC(=O)C2CCN(C(=O)N(CC)CC)CC2)cc1. The first-order valence-corrected chi connectivity index (χ1v) is 9.16. The molecule has 0 radical (unpaired) electrons. The Hall–Kier alpha value is -2.24. The molecule has 25 heavy (non-hydrogen) atoms. The fourth-order valence-electron chi connectivity index (χ4n) is 3.07. The van der Waals surface area contributed by atoms with Gasteiger partial charge in [-0.25, -0.2) is 4.79 Å². The maximum absolute atomic E-state index is 12.4. The molecular formula is C19H29N3O3. The highest BCUT2D eigenvalue weighted by atomic mass is 16.5. The first-order valence-electron chi connectivity index (χ1n) is 9.16. The van der Waals surface area contributed by atoms with Crippen molar-refractivity contribution in [2.45, 2.75) is 33.6 Å². The lowest BCUT2D eigenvalue weighted by molar-refractivity contribution is -0.121. The number of likely N-dealkylation sites (tertiary alicyclic amines) is 1. The molecule has 6 heteroatoms. The Morgan fingerprint density at radius 2 is 1.72 bits per heavy atom. The summed E-state index contributed by atoms with van der Waals surface area (Å²) in [6.07, 6.45) is 1.41. The Balaban J connectivity index is 1.83. The van der Waals surface area contributed by atoms with Crippen LogP contribution in [0.5, 0.6) is 5.75 Å². The fraction of sp³-hybridized carbons (Fsp3) is 0.579. The second kappa shape index (κ2) is 9.30. The zero-order chi connectivity index (χ0) is 18.2. The molecule has 0 aliphatic carbocycles. The number of hydrogen-bond acceptors (Lipinski definition) is 3. The van der Waals surface area contributed by atoms with E-state index in [1.165, 1.54) is 0 Å². The molecule has 1 aromatic rings. The van der Waals surface area contributed by atoms with Gasteiger partial charge in [0.15, 0.2) is 0 Å². The maximum Gasteiger partial charge on any atom is 0.319 e. The van der Waals surface area contributed by atoms with E-state index in [1.807, 2.05) is 54.8 Å². The maximum atomic E-state index is 12.4. The van der Waals surface area contributed by atoms with E-state index < -0.39 is 0 Å². The number of benzene rings is 1. The van der Waals surface area contributed by atoms with E-state index in [0.717, 1.165) is 11.4 Å². The number of rotatable bonds is 6. The van der Waals surface area contributed by atoms with Gasteiger partial charge in [0.2, 0.25) is 5.91 Å². The lowest BCUT2D eigenvalue weighted by Gasteiger charge is -2.34. The number of ether oxygens (including phenoxy) is 1. The fourth-order valence-corrected chi connectivity index (χ4v) is 3.07. The van der Waals surface area contributed by atoms with Crippen LogP contribution in [0.25, 0.3) is 0 Å². The predicted octanol–water partition coefficient (Wildman–Crippen LogP) is 3.20. The van der Waals surface area contributed by atoms with E-state index in [0.29, 0.717) is 45.6 Å². The predicted molar refractivity (Wildman–Crippen MR) is 98.9 cm³/mol. The van der Waals surface area contributed by atoms with Gasteiger partial charge in [-0.2, -0.15) is 0 Å². The van der Waals surface area contributed by atoms with Crippen LogP contribution in [0.1, 0.15) is 33.6 Å². The summed E-state index contributed by atoms with van der Waals surface area (Å²) >= 11 is 0. The van der Waals surface area contributed by atoms with E-state index >= 15 is 0 Å². The van der Waals surface area contributed by atoms with Crippen molar-refractivity contribution in [3.63, 3.8) is 0 Å². The zero-order valence-electron chi connectivity index (χ0n) is 15.5. The molecule has 0 spiro atoms. The van der Waals surface area contributed by atoms with E-state index in [4.69, 9.17) is 4.74 Å². The molecule has 0 bridgehead atoms. The monoisotopic (exact) mass is 347 g/mol. The molecule has 3 amide bonds. The third-order valence-electron chi connectivity index (χ3n) is 4.60. The molecule has 1 aliphatic rings. The molecule has 1 saturated heterocycles. The Morgan fingerprint density at radius 1 is 1.12 bits per heavy atom. The number of piperidine rings is 1. The minimum Gasteiger partial charge on any atom is -0.494 e. The summed E-state index contributed by atoms with van der Waals surface area (Å²) in [7, 11) is 0. The van der Waals surface area contributed by atoms with Crippen LogP contribution in [-0.4, -0.2) is 54.5 Å². The Morgan fingerprint density at radius 3 is 2.24 bits per heavy atom. The Labute approximate surface area is 150 Å². The van der Waals surface area contributed by atoms with Crippen molar-refractivity contribution in [3.05, 3.63) is 24.3 Å². The van der Waals surface area contributed by atoms with E-state index in [-0.39, 0.29) is 17.9 Å². The summed E-state index contributed by atoms with van der Waals surface area (Å²) in [5, 5.41) is 2.96. The van der Waals surface area contributed by atoms with Gasteiger partial charge in [-0.15, -0.1) is 0 Å². The largest absolute Gasteiger partial charge is 0.494 e. The van der Waals surface area contributed by atoms with Crippen LogP contribution in [0.3, 0.4) is 0 Å². The van der Waals surface area contributed by atoms with Crippen molar-refractivity contribution in [2.24, 2.45) is 5.92 Å². The van der Waals surface area contributed by atoms with Crippen LogP contribution < -0.4 is 10.1 Å². The highest BCUT2D eigenvalue weighted by molar-refractivity contribution is 5.92. The summed E-state index contributed by atoms with van der Waals surface area (Å²) in [6.45, 7) is 9.23. The number of nitrogens with zero attached hydrogens (tertiary/aromatic N) is 2. The van der Waals surface area contributed by atoms with Crippen molar-refractivity contribution in [1.82, 2.24) is 9.80 Å². The van der Waals surface area contributed by atoms with Crippen LogP contribution in [0.2, 0.25) is 0 Å². The third kappa shape index (κ3) is 5.11. The van der Waals surface area contributed by atoms with Crippen molar-refractivity contribution < 1.29 is 14.3 Å². The molecule has 0 unspecified atom stereocenters. The molecule has 1 fully saturated rings. The molecular weight excluding hydrogens is 318 g/mol. The number of carbonyl (C=O) groups is 2.